The molecule has 0 N–H and O–H groups in total. The van der Waals surface area contributed by atoms with Crippen molar-refractivity contribution in [3.05, 3.63) is 77.9 Å². The van der Waals surface area contributed by atoms with Crippen molar-refractivity contribution in [2.45, 2.75) is 12.3 Å². The molecule has 0 heterocycles. The van der Waals surface area contributed by atoms with Gasteiger partial charge >= 0.3 is 0 Å². The van der Waals surface area contributed by atoms with Crippen molar-refractivity contribution in [3.63, 3.8) is 0 Å². The van der Waals surface area contributed by atoms with Crippen LogP contribution in [0.3, 0.4) is 0 Å². The van der Waals surface area contributed by atoms with Crippen LogP contribution >= 0.6 is 0 Å². The molecule has 3 aromatic rings. The summed E-state index contributed by atoms with van der Waals surface area (Å²) in [4.78, 5) is 0. The van der Waals surface area contributed by atoms with Gasteiger partial charge in [-0.3, -0.25) is 0 Å². The van der Waals surface area contributed by atoms with E-state index in [0.29, 0.717) is 6.42 Å². The predicted molar refractivity (Wildman–Crippen MR) is 89.0 cm³/mol. The van der Waals surface area contributed by atoms with E-state index in [9.17, 15) is 5.26 Å². The zero-order valence-electron chi connectivity index (χ0n) is 12.5. The summed E-state index contributed by atoms with van der Waals surface area (Å²) in [7, 11) is 1.66. The lowest BCUT2D eigenvalue weighted by atomic mass is 9.89. The van der Waals surface area contributed by atoms with Crippen molar-refractivity contribution in [1.29, 1.82) is 5.26 Å². The van der Waals surface area contributed by atoms with Crippen LogP contribution in [0.15, 0.2) is 66.7 Å². The van der Waals surface area contributed by atoms with Crippen LogP contribution < -0.4 is 4.74 Å². The Bertz CT molecular complexity index is 827. The van der Waals surface area contributed by atoms with Crippen molar-refractivity contribution >= 4 is 10.8 Å². The van der Waals surface area contributed by atoms with E-state index in [1.54, 1.807) is 7.11 Å². The zero-order chi connectivity index (χ0) is 15.4. The van der Waals surface area contributed by atoms with Crippen LogP contribution in [0.25, 0.3) is 10.8 Å². The van der Waals surface area contributed by atoms with Crippen molar-refractivity contribution in [2.75, 3.05) is 7.11 Å². The monoisotopic (exact) mass is 287 g/mol. The van der Waals surface area contributed by atoms with E-state index < -0.39 is 0 Å². The lowest BCUT2D eigenvalue weighted by Crippen LogP contribution is -2.01. The van der Waals surface area contributed by atoms with Gasteiger partial charge in [-0.1, -0.05) is 54.6 Å². The fourth-order valence-corrected chi connectivity index (χ4v) is 2.81. The highest BCUT2D eigenvalue weighted by Gasteiger charge is 2.14. The Morgan fingerprint density at radius 2 is 1.77 bits per heavy atom. The summed E-state index contributed by atoms with van der Waals surface area (Å²) < 4.78 is 5.26. The molecule has 0 bridgehead atoms. The minimum absolute atomic E-state index is 0.168. The molecule has 22 heavy (non-hydrogen) atoms. The maximum atomic E-state index is 9.65. The molecule has 0 fully saturated rings. The first kappa shape index (κ1) is 14.2. The van der Waals surface area contributed by atoms with E-state index in [-0.39, 0.29) is 5.92 Å². The number of nitrogens with zero attached hydrogens (tertiary/aromatic N) is 1. The van der Waals surface area contributed by atoms with Crippen LogP contribution in [0, 0.1) is 11.3 Å². The first-order valence-electron chi connectivity index (χ1n) is 7.32. The maximum absolute atomic E-state index is 9.65. The summed E-state index contributed by atoms with van der Waals surface area (Å²) >= 11 is 0. The quantitative estimate of drug-likeness (QED) is 0.697. The summed E-state index contributed by atoms with van der Waals surface area (Å²) in [6.45, 7) is 0. The highest BCUT2D eigenvalue weighted by molar-refractivity contribution is 5.86. The minimum atomic E-state index is -0.168. The highest BCUT2D eigenvalue weighted by Crippen LogP contribution is 2.28. The molecular formula is C20H17NO. The molecule has 0 amide bonds. The normalized spacial score (nSPS) is 11.8. The molecule has 2 nitrogen and oxygen atoms in total. The Hall–Kier alpha value is -2.79. The minimum Gasteiger partial charge on any atom is -0.497 e. The van der Waals surface area contributed by atoms with Gasteiger partial charge in [0.1, 0.15) is 5.75 Å². The standard InChI is InChI=1S/C20H17NO/c1-22-18-9-4-6-15(13-18)12-17(14-21)20-11-5-8-16-7-2-3-10-19(16)20/h2-11,13,17H,12H2,1H3. The van der Waals surface area contributed by atoms with Gasteiger partial charge in [-0.2, -0.15) is 5.26 Å². The third-order valence-corrected chi connectivity index (χ3v) is 3.93. The van der Waals surface area contributed by atoms with Gasteiger partial charge in [-0.15, -0.1) is 0 Å². The van der Waals surface area contributed by atoms with Gasteiger partial charge in [-0.25, -0.2) is 0 Å². The first-order chi connectivity index (χ1) is 10.8. The SMILES string of the molecule is COc1cccc(CC(C#N)c2cccc3ccccc23)c1. The highest BCUT2D eigenvalue weighted by atomic mass is 16.5. The second kappa shape index (κ2) is 6.32. The Morgan fingerprint density at radius 1 is 1.00 bits per heavy atom. The van der Waals surface area contributed by atoms with Gasteiger partial charge in [-0.05, 0) is 40.5 Å². The lowest BCUT2D eigenvalue weighted by molar-refractivity contribution is 0.414. The predicted octanol–water partition coefficient (Wildman–Crippen LogP) is 4.70. The smallest absolute Gasteiger partial charge is 0.119 e. The van der Waals surface area contributed by atoms with Gasteiger partial charge in [0.25, 0.3) is 0 Å². The van der Waals surface area contributed by atoms with E-state index in [0.717, 1.165) is 22.3 Å². The van der Waals surface area contributed by atoms with Crippen LogP contribution in [-0.2, 0) is 6.42 Å². The van der Waals surface area contributed by atoms with Gasteiger partial charge < -0.3 is 4.74 Å². The van der Waals surface area contributed by atoms with Gasteiger partial charge in [0, 0.05) is 0 Å². The number of hydrogen-bond donors (Lipinski definition) is 0. The molecule has 108 valence electrons. The zero-order valence-corrected chi connectivity index (χ0v) is 12.5. The largest absolute Gasteiger partial charge is 0.497 e. The number of nitriles is 1. The van der Waals surface area contributed by atoms with Gasteiger partial charge in [0.15, 0.2) is 0 Å². The van der Waals surface area contributed by atoms with Gasteiger partial charge in [0.2, 0.25) is 0 Å². The summed E-state index contributed by atoms with van der Waals surface area (Å²) in [5.74, 6) is 0.658. The average molecular weight is 287 g/mol. The molecular weight excluding hydrogens is 270 g/mol. The molecule has 0 spiro atoms. The third-order valence-electron chi connectivity index (χ3n) is 3.93. The Labute approximate surface area is 130 Å². The number of fused-ring (bicyclic) bond motifs is 1. The van der Waals surface area contributed by atoms with Crippen molar-refractivity contribution in [2.24, 2.45) is 0 Å². The number of methoxy groups -OCH3 is 1. The molecule has 2 heteroatoms. The van der Waals surface area contributed by atoms with Crippen molar-refractivity contribution < 1.29 is 4.74 Å². The average Bonchev–Trinajstić information content (AvgIpc) is 2.59. The summed E-state index contributed by atoms with van der Waals surface area (Å²) in [6, 6.07) is 24.7. The van der Waals surface area contributed by atoms with Gasteiger partial charge in [0.05, 0.1) is 19.1 Å². The topological polar surface area (TPSA) is 33.0 Å². The van der Waals surface area contributed by atoms with E-state index >= 15 is 0 Å². The number of ether oxygens (including phenoxy) is 1. The van der Waals surface area contributed by atoms with Crippen LogP contribution in [0.1, 0.15) is 17.0 Å². The fourth-order valence-electron chi connectivity index (χ4n) is 2.81. The molecule has 0 aliphatic carbocycles. The second-order valence-corrected chi connectivity index (χ2v) is 5.31. The molecule has 0 aliphatic rings. The molecule has 1 atom stereocenters. The van der Waals surface area contributed by atoms with Crippen LogP contribution in [0.5, 0.6) is 5.75 Å². The molecule has 0 aliphatic heterocycles. The van der Waals surface area contributed by atoms with Crippen molar-refractivity contribution in [3.8, 4) is 11.8 Å². The van der Waals surface area contributed by atoms with E-state index in [2.05, 4.69) is 30.3 Å². The summed E-state index contributed by atoms with van der Waals surface area (Å²) in [5, 5.41) is 12.0. The maximum Gasteiger partial charge on any atom is 0.119 e. The molecule has 0 radical (unpaired) electrons. The van der Waals surface area contributed by atoms with Crippen LogP contribution in [-0.4, -0.2) is 7.11 Å². The van der Waals surface area contributed by atoms with E-state index in [1.165, 1.54) is 5.39 Å². The summed E-state index contributed by atoms with van der Waals surface area (Å²) in [6.07, 6.45) is 0.682. The Morgan fingerprint density at radius 3 is 2.59 bits per heavy atom. The number of rotatable bonds is 4. The number of hydrogen-bond acceptors (Lipinski definition) is 2. The molecule has 1 unspecified atom stereocenters. The first-order valence-corrected chi connectivity index (χ1v) is 7.32. The molecule has 0 aromatic heterocycles. The van der Waals surface area contributed by atoms with Crippen LogP contribution in [0.4, 0.5) is 0 Å². The molecule has 0 saturated heterocycles. The summed E-state index contributed by atoms with van der Waals surface area (Å²) in [5.41, 5.74) is 2.20. The van der Waals surface area contributed by atoms with E-state index in [1.807, 2.05) is 42.5 Å². The Kier molecular flexibility index (Phi) is 4.07. The fraction of sp³-hybridized carbons (Fsp3) is 0.150. The molecule has 0 saturated carbocycles. The number of benzene rings is 3. The molecule has 3 rings (SSSR count). The Balaban J connectivity index is 1.98. The second-order valence-electron chi connectivity index (χ2n) is 5.31. The third kappa shape index (κ3) is 2.80. The van der Waals surface area contributed by atoms with E-state index in [4.69, 9.17) is 4.74 Å². The van der Waals surface area contributed by atoms with Crippen molar-refractivity contribution in [1.82, 2.24) is 0 Å². The molecule has 3 aromatic carbocycles. The lowest BCUT2D eigenvalue weighted by Gasteiger charge is -2.13. The van der Waals surface area contributed by atoms with Crippen LogP contribution in [0.2, 0.25) is 0 Å².